The molecule has 6 heteroatoms. The smallest absolute Gasteiger partial charge is 0.258 e. The number of anilines is 1. The molecule has 1 aliphatic heterocycles. The van der Waals surface area contributed by atoms with Gasteiger partial charge in [0.05, 0.1) is 12.5 Å². The van der Waals surface area contributed by atoms with Crippen LogP contribution in [0.25, 0.3) is 22.8 Å². The van der Waals surface area contributed by atoms with Crippen molar-refractivity contribution in [2.45, 2.75) is 13.3 Å². The van der Waals surface area contributed by atoms with Crippen molar-refractivity contribution in [2.75, 3.05) is 18.5 Å². The van der Waals surface area contributed by atoms with Gasteiger partial charge in [0, 0.05) is 23.4 Å². The minimum atomic E-state index is -0.0882. The van der Waals surface area contributed by atoms with Crippen LogP contribution in [0.15, 0.2) is 53.1 Å². The van der Waals surface area contributed by atoms with Crippen LogP contribution in [0.2, 0.25) is 0 Å². The third-order valence-corrected chi connectivity index (χ3v) is 4.49. The molecule has 1 N–H and O–H groups in total. The second-order valence-corrected chi connectivity index (χ2v) is 6.37. The lowest BCUT2D eigenvalue weighted by Gasteiger charge is -2.09. The van der Waals surface area contributed by atoms with Crippen molar-refractivity contribution < 1.29 is 14.1 Å². The molecule has 2 aromatic carbocycles. The first-order valence-corrected chi connectivity index (χ1v) is 8.59. The van der Waals surface area contributed by atoms with Crippen LogP contribution in [0, 0.1) is 12.8 Å². The van der Waals surface area contributed by atoms with E-state index in [2.05, 4.69) is 15.5 Å². The molecule has 0 bridgehead atoms. The summed E-state index contributed by atoms with van der Waals surface area (Å²) >= 11 is 0. The summed E-state index contributed by atoms with van der Waals surface area (Å²) in [6.45, 7) is 3.13. The monoisotopic (exact) mass is 349 g/mol. The number of carbonyl (C=O) groups is 1. The second-order valence-electron chi connectivity index (χ2n) is 6.37. The van der Waals surface area contributed by atoms with E-state index in [1.807, 2.05) is 55.5 Å². The lowest BCUT2D eigenvalue weighted by molar-refractivity contribution is -0.119. The van der Waals surface area contributed by atoms with Crippen molar-refractivity contribution >= 4 is 11.6 Å². The molecule has 0 spiro atoms. The highest BCUT2D eigenvalue weighted by atomic mass is 16.5. The largest absolute Gasteiger partial charge is 0.381 e. The van der Waals surface area contributed by atoms with E-state index in [-0.39, 0.29) is 11.8 Å². The first-order chi connectivity index (χ1) is 12.7. The third kappa shape index (κ3) is 3.36. The molecule has 1 aliphatic rings. The maximum Gasteiger partial charge on any atom is 0.258 e. The Balaban J connectivity index is 1.55. The van der Waals surface area contributed by atoms with Gasteiger partial charge in [-0.25, -0.2) is 0 Å². The average molecular weight is 349 g/mol. The molecule has 0 radical (unpaired) electrons. The second kappa shape index (κ2) is 7.09. The minimum absolute atomic E-state index is 0.0224. The van der Waals surface area contributed by atoms with E-state index in [9.17, 15) is 4.79 Å². The zero-order chi connectivity index (χ0) is 17.9. The van der Waals surface area contributed by atoms with E-state index >= 15 is 0 Å². The summed E-state index contributed by atoms with van der Waals surface area (Å²) in [5.74, 6) is 0.861. The van der Waals surface area contributed by atoms with Crippen molar-refractivity contribution in [1.82, 2.24) is 10.1 Å². The summed E-state index contributed by atoms with van der Waals surface area (Å²) in [5.41, 5.74) is 3.49. The van der Waals surface area contributed by atoms with Crippen LogP contribution in [0.3, 0.4) is 0 Å². The molecule has 4 rings (SSSR count). The van der Waals surface area contributed by atoms with Gasteiger partial charge in [-0.2, -0.15) is 4.98 Å². The van der Waals surface area contributed by atoms with Crippen molar-refractivity contribution in [3.8, 4) is 22.8 Å². The Kier molecular flexibility index (Phi) is 4.50. The number of nitrogens with one attached hydrogen (secondary N) is 1. The highest BCUT2D eigenvalue weighted by Crippen LogP contribution is 2.26. The van der Waals surface area contributed by atoms with Crippen LogP contribution in [0.1, 0.15) is 12.0 Å². The topological polar surface area (TPSA) is 77.2 Å². The maximum atomic E-state index is 12.2. The molecule has 3 aromatic rings. The van der Waals surface area contributed by atoms with Gasteiger partial charge in [0.25, 0.3) is 5.89 Å². The Hall–Kier alpha value is -2.99. The van der Waals surface area contributed by atoms with Crippen LogP contribution in [-0.4, -0.2) is 29.3 Å². The van der Waals surface area contributed by atoms with Gasteiger partial charge in [0.2, 0.25) is 11.7 Å². The number of carbonyl (C=O) groups excluding carboxylic acids is 1. The number of aryl methyl sites for hydroxylation is 1. The molecule has 0 unspecified atom stereocenters. The summed E-state index contributed by atoms with van der Waals surface area (Å²) < 4.78 is 10.7. The maximum absolute atomic E-state index is 12.2. The molecule has 1 fully saturated rings. The van der Waals surface area contributed by atoms with Gasteiger partial charge in [-0.3, -0.25) is 4.79 Å². The molecule has 1 amide bonds. The molecule has 0 aliphatic carbocycles. The predicted molar refractivity (Wildman–Crippen MR) is 97.5 cm³/mol. The molecule has 2 heterocycles. The van der Waals surface area contributed by atoms with Crippen LogP contribution >= 0.6 is 0 Å². The van der Waals surface area contributed by atoms with E-state index in [0.29, 0.717) is 30.6 Å². The molecule has 1 atom stereocenters. The summed E-state index contributed by atoms with van der Waals surface area (Å²) in [7, 11) is 0. The molecular formula is C20H19N3O3. The number of amides is 1. The van der Waals surface area contributed by atoms with Crippen molar-refractivity contribution in [2.24, 2.45) is 5.92 Å². The first-order valence-electron chi connectivity index (χ1n) is 8.59. The molecule has 1 saturated heterocycles. The minimum Gasteiger partial charge on any atom is -0.381 e. The number of hydrogen-bond acceptors (Lipinski definition) is 5. The van der Waals surface area contributed by atoms with Crippen molar-refractivity contribution in [3.05, 3.63) is 54.1 Å². The van der Waals surface area contributed by atoms with Gasteiger partial charge >= 0.3 is 0 Å². The lowest BCUT2D eigenvalue weighted by atomic mass is 10.1. The number of benzene rings is 2. The van der Waals surface area contributed by atoms with Gasteiger partial charge in [-0.15, -0.1) is 0 Å². The van der Waals surface area contributed by atoms with Gasteiger partial charge in [0.1, 0.15) is 0 Å². The number of ether oxygens (including phenoxy) is 1. The molecule has 6 nitrogen and oxygen atoms in total. The summed E-state index contributed by atoms with van der Waals surface area (Å²) in [5, 5.41) is 7.02. The van der Waals surface area contributed by atoms with E-state index < -0.39 is 0 Å². The van der Waals surface area contributed by atoms with Crippen molar-refractivity contribution in [3.63, 3.8) is 0 Å². The molecule has 0 saturated carbocycles. The van der Waals surface area contributed by atoms with Crippen LogP contribution in [-0.2, 0) is 9.53 Å². The third-order valence-electron chi connectivity index (χ3n) is 4.49. The van der Waals surface area contributed by atoms with Gasteiger partial charge in [-0.05, 0) is 37.1 Å². The van der Waals surface area contributed by atoms with E-state index in [4.69, 9.17) is 9.26 Å². The van der Waals surface area contributed by atoms with E-state index in [1.54, 1.807) is 0 Å². The average Bonchev–Trinajstić information content (AvgIpc) is 3.35. The van der Waals surface area contributed by atoms with Crippen LogP contribution in [0.5, 0.6) is 0 Å². The summed E-state index contributed by atoms with van der Waals surface area (Å²) in [4.78, 5) is 16.7. The lowest BCUT2D eigenvalue weighted by Crippen LogP contribution is -2.22. The zero-order valence-electron chi connectivity index (χ0n) is 14.4. The fraction of sp³-hybridized carbons (Fsp3) is 0.250. The molecular weight excluding hydrogens is 330 g/mol. The van der Waals surface area contributed by atoms with Crippen LogP contribution in [0.4, 0.5) is 5.69 Å². The Bertz CT molecular complexity index is 929. The molecule has 26 heavy (non-hydrogen) atoms. The summed E-state index contributed by atoms with van der Waals surface area (Å²) in [6.07, 6.45) is 0.759. The van der Waals surface area contributed by atoms with Crippen molar-refractivity contribution in [1.29, 1.82) is 0 Å². The SMILES string of the molecule is Cc1ccccc1-c1noc(-c2cccc(NC(=O)[C@H]3CCOC3)c2)n1. The van der Waals surface area contributed by atoms with Crippen LogP contribution < -0.4 is 5.32 Å². The Labute approximate surface area is 151 Å². The standard InChI is InChI=1S/C20H19N3O3/c1-13-5-2-3-8-17(13)18-22-20(26-23-18)14-6-4-7-16(11-14)21-19(24)15-9-10-25-12-15/h2-8,11,15H,9-10,12H2,1H3,(H,21,24)/t15-/m0/s1. The zero-order valence-corrected chi connectivity index (χ0v) is 14.4. The fourth-order valence-electron chi connectivity index (χ4n) is 2.99. The first kappa shape index (κ1) is 16.5. The number of aromatic nitrogens is 2. The Morgan fingerprint density at radius 3 is 2.88 bits per heavy atom. The Morgan fingerprint density at radius 1 is 1.19 bits per heavy atom. The van der Waals surface area contributed by atoms with Gasteiger partial charge in [-0.1, -0.05) is 35.5 Å². The molecule has 132 valence electrons. The Morgan fingerprint density at radius 2 is 2.08 bits per heavy atom. The quantitative estimate of drug-likeness (QED) is 0.777. The van der Waals surface area contributed by atoms with Gasteiger partial charge < -0.3 is 14.6 Å². The van der Waals surface area contributed by atoms with Gasteiger partial charge in [0.15, 0.2) is 0 Å². The normalized spacial score (nSPS) is 16.6. The summed E-state index contributed by atoms with van der Waals surface area (Å²) in [6, 6.07) is 15.3. The number of rotatable bonds is 4. The predicted octanol–water partition coefficient (Wildman–Crippen LogP) is 3.69. The molecule has 1 aromatic heterocycles. The fourth-order valence-corrected chi connectivity index (χ4v) is 2.99. The number of hydrogen-bond donors (Lipinski definition) is 1. The highest BCUT2D eigenvalue weighted by molar-refractivity contribution is 5.93. The van der Waals surface area contributed by atoms with E-state index in [0.717, 1.165) is 23.1 Å². The highest BCUT2D eigenvalue weighted by Gasteiger charge is 2.23. The number of nitrogens with zero attached hydrogens (tertiary/aromatic N) is 2. The van der Waals surface area contributed by atoms with E-state index in [1.165, 1.54) is 0 Å².